The minimum absolute atomic E-state index is 0.295. The Hall–Kier alpha value is -1.50. The molecule has 0 aliphatic rings. The van der Waals surface area contributed by atoms with Crippen molar-refractivity contribution in [3.8, 4) is 5.75 Å². The first-order valence-corrected chi connectivity index (χ1v) is 4.26. The third-order valence-electron chi connectivity index (χ3n) is 1.84. The average molecular weight is 174 g/mol. The molecule has 0 amide bonds. The van der Waals surface area contributed by atoms with Gasteiger partial charge in [-0.1, -0.05) is 30.9 Å². The molecule has 0 saturated heterocycles. The Labute approximate surface area is 79.0 Å². The molecule has 0 aromatic heterocycles. The van der Waals surface area contributed by atoms with Gasteiger partial charge in [0.25, 0.3) is 0 Å². The lowest BCUT2D eigenvalue weighted by Crippen LogP contribution is -1.80. The van der Waals surface area contributed by atoms with Gasteiger partial charge in [-0.25, -0.2) is 0 Å². The highest BCUT2D eigenvalue weighted by Gasteiger charge is 2.00. The monoisotopic (exact) mass is 174 g/mol. The lowest BCUT2D eigenvalue weighted by atomic mass is 10.1. The van der Waals surface area contributed by atoms with Crippen LogP contribution in [0, 0.1) is 0 Å². The average Bonchev–Trinajstić information content (AvgIpc) is 2.04. The van der Waals surface area contributed by atoms with E-state index in [1.807, 2.05) is 38.1 Å². The molecule has 0 saturated carbocycles. The van der Waals surface area contributed by atoms with E-state index in [0.717, 1.165) is 16.7 Å². The van der Waals surface area contributed by atoms with Crippen LogP contribution in [0.2, 0.25) is 0 Å². The van der Waals surface area contributed by atoms with E-state index in [4.69, 9.17) is 0 Å². The van der Waals surface area contributed by atoms with Crippen molar-refractivity contribution in [1.82, 2.24) is 0 Å². The van der Waals surface area contributed by atoms with E-state index in [2.05, 4.69) is 6.58 Å². The normalized spacial score (nSPS) is 10.6. The number of aromatic hydroxyl groups is 1. The molecule has 1 aromatic rings. The Bertz CT molecular complexity index is 348. The summed E-state index contributed by atoms with van der Waals surface area (Å²) in [4.78, 5) is 0. The number of hydrogen-bond acceptors (Lipinski definition) is 1. The molecule has 1 nitrogen and oxygen atoms in total. The molecule has 0 aliphatic heterocycles. The third-order valence-corrected chi connectivity index (χ3v) is 1.84. The highest BCUT2D eigenvalue weighted by molar-refractivity contribution is 5.69. The van der Waals surface area contributed by atoms with Crippen LogP contribution in [0.4, 0.5) is 0 Å². The largest absolute Gasteiger partial charge is 0.507 e. The number of phenols is 1. The summed E-state index contributed by atoms with van der Waals surface area (Å²) < 4.78 is 0. The maximum Gasteiger partial charge on any atom is 0.123 e. The van der Waals surface area contributed by atoms with Crippen molar-refractivity contribution in [2.45, 2.75) is 13.8 Å². The first-order chi connectivity index (χ1) is 6.15. The highest BCUT2D eigenvalue weighted by Crippen LogP contribution is 2.25. The van der Waals surface area contributed by atoms with Crippen LogP contribution in [0.3, 0.4) is 0 Å². The smallest absolute Gasteiger partial charge is 0.123 e. The van der Waals surface area contributed by atoms with Gasteiger partial charge in [0.05, 0.1) is 0 Å². The summed E-state index contributed by atoms with van der Waals surface area (Å²) in [5, 5.41) is 9.59. The predicted molar refractivity (Wildman–Crippen MR) is 57.5 cm³/mol. The molecule has 0 fully saturated rings. The quantitative estimate of drug-likeness (QED) is 0.728. The fourth-order valence-corrected chi connectivity index (χ4v) is 1.21. The van der Waals surface area contributed by atoms with Crippen LogP contribution in [0.15, 0.2) is 30.9 Å². The summed E-state index contributed by atoms with van der Waals surface area (Å²) in [6, 6.07) is 5.58. The van der Waals surface area contributed by atoms with E-state index < -0.39 is 0 Å². The van der Waals surface area contributed by atoms with Crippen LogP contribution >= 0.6 is 0 Å². The summed E-state index contributed by atoms with van der Waals surface area (Å²) >= 11 is 0. The number of rotatable bonds is 2. The van der Waals surface area contributed by atoms with E-state index in [9.17, 15) is 5.11 Å². The zero-order chi connectivity index (χ0) is 9.84. The fraction of sp³-hybridized carbons (Fsp3) is 0.167. The van der Waals surface area contributed by atoms with Crippen molar-refractivity contribution in [2.24, 2.45) is 0 Å². The third kappa shape index (κ3) is 2.22. The van der Waals surface area contributed by atoms with Crippen molar-refractivity contribution >= 4 is 11.6 Å². The van der Waals surface area contributed by atoms with Crippen LogP contribution in [0.25, 0.3) is 11.6 Å². The molecule has 0 unspecified atom stereocenters. The molecule has 0 spiro atoms. The zero-order valence-corrected chi connectivity index (χ0v) is 8.04. The van der Waals surface area contributed by atoms with Crippen molar-refractivity contribution < 1.29 is 5.11 Å². The number of phenolic OH excluding ortho intramolecular Hbond substituents is 1. The SMILES string of the molecule is C=C(C)c1ccc(C=CC)cc1O. The van der Waals surface area contributed by atoms with E-state index >= 15 is 0 Å². The topological polar surface area (TPSA) is 20.2 Å². The molecule has 1 N–H and O–H groups in total. The molecule has 0 aliphatic carbocycles. The minimum atomic E-state index is 0.295. The molecule has 1 aromatic carbocycles. The maximum absolute atomic E-state index is 9.59. The van der Waals surface area contributed by atoms with Crippen molar-refractivity contribution in [3.63, 3.8) is 0 Å². The summed E-state index contributed by atoms with van der Waals surface area (Å²) in [6.07, 6.45) is 3.89. The second-order valence-electron chi connectivity index (χ2n) is 3.06. The Morgan fingerprint density at radius 3 is 2.62 bits per heavy atom. The van der Waals surface area contributed by atoms with Gasteiger partial charge in [0.15, 0.2) is 0 Å². The summed E-state index contributed by atoms with van der Waals surface area (Å²) in [5.74, 6) is 0.295. The lowest BCUT2D eigenvalue weighted by Gasteiger charge is -2.04. The molecule has 0 atom stereocenters. The van der Waals surface area contributed by atoms with Gasteiger partial charge in [0, 0.05) is 5.56 Å². The van der Waals surface area contributed by atoms with Crippen molar-refractivity contribution in [1.29, 1.82) is 0 Å². The second-order valence-corrected chi connectivity index (χ2v) is 3.06. The van der Waals surface area contributed by atoms with Gasteiger partial charge in [-0.2, -0.15) is 0 Å². The van der Waals surface area contributed by atoms with Crippen LogP contribution in [0.5, 0.6) is 5.75 Å². The van der Waals surface area contributed by atoms with Gasteiger partial charge in [0.1, 0.15) is 5.75 Å². The maximum atomic E-state index is 9.59. The summed E-state index contributed by atoms with van der Waals surface area (Å²) in [7, 11) is 0. The van der Waals surface area contributed by atoms with Crippen LogP contribution < -0.4 is 0 Å². The Morgan fingerprint density at radius 2 is 2.15 bits per heavy atom. The Kier molecular flexibility index (Phi) is 2.91. The minimum Gasteiger partial charge on any atom is -0.507 e. The number of allylic oxidation sites excluding steroid dienone is 2. The van der Waals surface area contributed by atoms with Gasteiger partial charge in [-0.05, 0) is 31.1 Å². The Balaban J connectivity index is 3.12. The van der Waals surface area contributed by atoms with Gasteiger partial charge in [0.2, 0.25) is 0 Å². The standard InChI is InChI=1S/C12H14O/c1-4-5-10-6-7-11(9(2)3)12(13)8-10/h4-8,13H,2H2,1,3H3. The van der Waals surface area contributed by atoms with Gasteiger partial charge in [-0.3, -0.25) is 0 Å². The van der Waals surface area contributed by atoms with Crippen molar-refractivity contribution in [2.75, 3.05) is 0 Å². The second kappa shape index (κ2) is 3.94. The first-order valence-electron chi connectivity index (χ1n) is 4.26. The van der Waals surface area contributed by atoms with E-state index in [1.54, 1.807) is 6.07 Å². The van der Waals surface area contributed by atoms with Gasteiger partial charge in [-0.15, -0.1) is 0 Å². The summed E-state index contributed by atoms with van der Waals surface area (Å²) in [5.41, 5.74) is 2.70. The Morgan fingerprint density at radius 1 is 1.46 bits per heavy atom. The molecular formula is C12H14O. The van der Waals surface area contributed by atoms with Gasteiger partial charge < -0.3 is 5.11 Å². The van der Waals surface area contributed by atoms with E-state index in [-0.39, 0.29) is 0 Å². The first kappa shape index (κ1) is 9.59. The zero-order valence-electron chi connectivity index (χ0n) is 8.04. The molecule has 13 heavy (non-hydrogen) atoms. The van der Waals surface area contributed by atoms with E-state index in [0.29, 0.717) is 5.75 Å². The van der Waals surface area contributed by atoms with Crippen LogP contribution in [0.1, 0.15) is 25.0 Å². The molecule has 68 valence electrons. The molecule has 0 bridgehead atoms. The predicted octanol–water partition coefficient (Wildman–Crippen LogP) is 3.46. The van der Waals surface area contributed by atoms with E-state index in [1.165, 1.54) is 0 Å². The number of hydrogen-bond donors (Lipinski definition) is 1. The lowest BCUT2D eigenvalue weighted by molar-refractivity contribution is 0.473. The van der Waals surface area contributed by atoms with Gasteiger partial charge >= 0.3 is 0 Å². The molecule has 1 heteroatoms. The highest BCUT2D eigenvalue weighted by atomic mass is 16.3. The molecule has 0 radical (unpaired) electrons. The molecule has 0 heterocycles. The van der Waals surface area contributed by atoms with Crippen LogP contribution in [-0.4, -0.2) is 5.11 Å². The summed E-state index contributed by atoms with van der Waals surface area (Å²) in [6.45, 7) is 7.61. The van der Waals surface area contributed by atoms with Crippen molar-refractivity contribution in [3.05, 3.63) is 42.0 Å². The number of benzene rings is 1. The molecule has 1 rings (SSSR count). The molecular weight excluding hydrogens is 160 g/mol. The van der Waals surface area contributed by atoms with Crippen LogP contribution in [-0.2, 0) is 0 Å². The fourth-order valence-electron chi connectivity index (χ4n) is 1.21.